The van der Waals surface area contributed by atoms with Crippen LogP contribution in [-0.4, -0.2) is 0 Å². The summed E-state index contributed by atoms with van der Waals surface area (Å²) in [4.78, 5) is 0. The van der Waals surface area contributed by atoms with E-state index < -0.39 is 0 Å². The van der Waals surface area contributed by atoms with Gasteiger partial charge in [0.25, 0.3) is 0 Å². The molecule has 0 spiro atoms. The van der Waals surface area contributed by atoms with Crippen LogP contribution < -0.4 is 0 Å². The highest BCUT2D eigenvalue weighted by Gasteiger charge is 2.17. The molecule has 0 nitrogen and oxygen atoms in total. The van der Waals surface area contributed by atoms with E-state index in [0.29, 0.717) is 0 Å². The van der Waals surface area contributed by atoms with Gasteiger partial charge in [-0.15, -0.1) is 0 Å². The third-order valence-corrected chi connectivity index (χ3v) is 2.60. The number of hydrogen-bond acceptors (Lipinski definition) is 0. The standard InChI is InChI=1S/C12H20/c1-3-4-5-6-7-12-9-8-11(2)10-12/h4-7,11-12H,3,8-10H2,1-2H3. The van der Waals surface area contributed by atoms with Crippen molar-refractivity contribution in [3.8, 4) is 0 Å². The Morgan fingerprint density at radius 2 is 2.08 bits per heavy atom. The number of allylic oxidation sites excluding steroid dienone is 4. The van der Waals surface area contributed by atoms with E-state index in [-0.39, 0.29) is 0 Å². The fraction of sp³-hybridized carbons (Fsp3) is 0.667. The quantitative estimate of drug-likeness (QED) is 0.554. The highest BCUT2D eigenvalue weighted by atomic mass is 14.2. The predicted octanol–water partition coefficient (Wildman–Crippen LogP) is 3.95. The smallest absolute Gasteiger partial charge is 0.0228 e. The van der Waals surface area contributed by atoms with Gasteiger partial charge in [-0.05, 0) is 31.1 Å². The molecule has 0 heteroatoms. The van der Waals surface area contributed by atoms with Gasteiger partial charge in [0.05, 0.1) is 0 Å². The molecule has 0 aromatic rings. The molecule has 1 aliphatic rings. The molecule has 1 fully saturated rings. The van der Waals surface area contributed by atoms with Gasteiger partial charge >= 0.3 is 0 Å². The summed E-state index contributed by atoms with van der Waals surface area (Å²) in [6, 6.07) is 0. The minimum absolute atomic E-state index is 0.863. The highest BCUT2D eigenvalue weighted by Crippen LogP contribution is 2.30. The van der Waals surface area contributed by atoms with Crippen molar-refractivity contribution < 1.29 is 0 Å². The van der Waals surface area contributed by atoms with E-state index in [1.54, 1.807) is 0 Å². The molecule has 0 aliphatic heterocycles. The number of hydrogen-bond donors (Lipinski definition) is 0. The zero-order valence-electron chi connectivity index (χ0n) is 8.29. The lowest BCUT2D eigenvalue weighted by molar-refractivity contribution is 0.586. The minimum Gasteiger partial charge on any atom is -0.0848 e. The molecular weight excluding hydrogens is 144 g/mol. The average molecular weight is 164 g/mol. The summed E-state index contributed by atoms with van der Waals surface area (Å²) in [7, 11) is 0. The molecule has 0 saturated heterocycles. The summed E-state index contributed by atoms with van der Waals surface area (Å²) in [5.74, 6) is 1.82. The van der Waals surface area contributed by atoms with Crippen molar-refractivity contribution in [2.24, 2.45) is 11.8 Å². The molecule has 68 valence electrons. The Kier molecular flexibility index (Phi) is 4.13. The molecule has 0 aromatic heterocycles. The first-order valence-corrected chi connectivity index (χ1v) is 5.16. The van der Waals surface area contributed by atoms with Crippen LogP contribution in [0.1, 0.15) is 39.5 Å². The summed E-state index contributed by atoms with van der Waals surface area (Å²) >= 11 is 0. The summed E-state index contributed by atoms with van der Waals surface area (Å²) in [6.07, 6.45) is 14.3. The summed E-state index contributed by atoms with van der Waals surface area (Å²) in [6.45, 7) is 4.53. The highest BCUT2D eigenvalue weighted by molar-refractivity contribution is 5.05. The van der Waals surface area contributed by atoms with E-state index in [0.717, 1.165) is 18.3 Å². The molecule has 1 rings (SSSR count). The van der Waals surface area contributed by atoms with E-state index in [4.69, 9.17) is 0 Å². The van der Waals surface area contributed by atoms with Gasteiger partial charge in [0.15, 0.2) is 0 Å². The second-order valence-electron chi connectivity index (χ2n) is 3.90. The van der Waals surface area contributed by atoms with Gasteiger partial charge in [-0.2, -0.15) is 0 Å². The van der Waals surface area contributed by atoms with E-state index in [1.165, 1.54) is 19.3 Å². The first-order valence-electron chi connectivity index (χ1n) is 5.16. The molecule has 12 heavy (non-hydrogen) atoms. The molecule has 0 aromatic carbocycles. The first kappa shape index (κ1) is 9.57. The van der Waals surface area contributed by atoms with Gasteiger partial charge < -0.3 is 0 Å². The zero-order chi connectivity index (χ0) is 8.81. The molecule has 0 radical (unpaired) electrons. The van der Waals surface area contributed by atoms with E-state index >= 15 is 0 Å². The lowest BCUT2D eigenvalue weighted by Gasteiger charge is -1.99. The van der Waals surface area contributed by atoms with Crippen molar-refractivity contribution in [1.29, 1.82) is 0 Å². The molecule has 0 bridgehead atoms. The lowest BCUT2D eigenvalue weighted by Crippen LogP contribution is -1.87. The van der Waals surface area contributed by atoms with Gasteiger partial charge in [-0.1, -0.05) is 44.6 Å². The Balaban J connectivity index is 2.22. The number of rotatable bonds is 3. The van der Waals surface area contributed by atoms with Gasteiger partial charge in [-0.3, -0.25) is 0 Å². The molecule has 2 unspecified atom stereocenters. The Hall–Kier alpha value is -0.520. The first-order chi connectivity index (χ1) is 5.83. The fourth-order valence-corrected chi connectivity index (χ4v) is 1.86. The van der Waals surface area contributed by atoms with Gasteiger partial charge in [-0.25, -0.2) is 0 Å². The monoisotopic (exact) mass is 164 g/mol. The second kappa shape index (κ2) is 5.18. The van der Waals surface area contributed by atoms with Crippen LogP contribution in [0.25, 0.3) is 0 Å². The van der Waals surface area contributed by atoms with Crippen molar-refractivity contribution in [2.75, 3.05) is 0 Å². The van der Waals surface area contributed by atoms with E-state index in [1.807, 2.05) is 0 Å². The summed E-state index contributed by atoms with van der Waals surface area (Å²) < 4.78 is 0. The lowest BCUT2D eigenvalue weighted by atomic mass is 10.1. The molecule has 0 amide bonds. The van der Waals surface area contributed by atoms with Crippen LogP contribution in [0.4, 0.5) is 0 Å². The van der Waals surface area contributed by atoms with Gasteiger partial charge in [0.1, 0.15) is 0 Å². The van der Waals surface area contributed by atoms with Crippen LogP contribution in [0, 0.1) is 11.8 Å². The third-order valence-electron chi connectivity index (χ3n) is 2.60. The van der Waals surface area contributed by atoms with Crippen molar-refractivity contribution in [3.63, 3.8) is 0 Å². The Morgan fingerprint density at radius 3 is 2.67 bits per heavy atom. The molecule has 2 atom stereocenters. The zero-order valence-corrected chi connectivity index (χ0v) is 8.29. The molecular formula is C12H20. The Bertz CT molecular complexity index is 165. The van der Waals surface area contributed by atoms with Crippen LogP contribution in [0.3, 0.4) is 0 Å². The van der Waals surface area contributed by atoms with Crippen molar-refractivity contribution in [2.45, 2.75) is 39.5 Å². The molecule has 1 aliphatic carbocycles. The SMILES string of the molecule is CCC=CC=CC1CCC(C)C1. The molecule has 0 N–H and O–H groups in total. The normalized spacial score (nSPS) is 30.8. The van der Waals surface area contributed by atoms with Gasteiger partial charge in [0.2, 0.25) is 0 Å². The predicted molar refractivity (Wildman–Crippen MR) is 55.1 cm³/mol. The maximum absolute atomic E-state index is 2.37. The Morgan fingerprint density at radius 1 is 1.25 bits per heavy atom. The maximum atomic E-state index is 2.37. The molecule has 0 heterocycles. The average Bonchev–Trinajstić information content (AvgIpc) is 2.45. The van der Waals surface area contributed by atoms with Gasteiger partial charge in [0, 0.05) is 0 Å². The largest absolute Gasteiger partial charge is 0.0848 e. The van der Waals surface area contributed by atoms with Crippen molar-refractivity contribution in [1.82, 2.24) is 0 Å². The summed E-state index contributed by atoms with van der Waals surface area (Å²) in [5.41, 5.74) is 0. The summed E-state index contributed by atoms with van der Waals surface area (Å²) in [5, 5.41) is 0. The van der Waals surface area contributed by atoms with Crippen LogP contribution >= 0.6 is 0 Å². The topological polar surface area (TPSA) is 0 Å². The van der Waals surface area contributed by atoms with Crippen LogP contribution in [-0.2, 0) is 0 Å². The van der Waals surface area contributed by atoms with E-state index in [2.05, 4.69) is 38.2 Å². The second-order valence-corrected chi connectivity index (χ2v) is 3.90. The van der Waals surface area contributed by atoms with Crippen LogP contribution in [0.2, 0.25) is 0 Å². The van der Waals surface area contributed by atoms with E-state index in [9.17, 15) is 0 Å². The molecule has 1 saturated carbocycles. The maximum Gasteiger partial charge on any atom is -0.0228 e. The fourth-order valence-electron chi connectivity index (χ4n) is 1.86. The van der Waals surface area contributed by atoms with Crippen LogP contribution in [0.15, 0.2) is 24.3 Å². The Labute approximate surface area is 76.4 Å². The van der Waals surface area contributed by atoms with Crippen molar-refractivity contribution >= 4 is 0 Å². The van der Waals surface area contributed by atoms with Crippen LogP contribution in [0.5, 0.6) is 0 Å². The van der Waals surface area contributed by atoms with Crippen molar-refractivity contribution in [3.05, 3.63) is 24.3 Å². The third kappa shape index (κ3) is 3.25. The minimum atomic E-state index is 0.863.